The van der Waals surface area contributed by atoms with Gasteiger partial charge in [0.05, 0.1) is 5.54 Å². The van der Waals surface area contributed by atoms with Crippen LogP contribution in [0.1, 0.15) is 61.7 Å². The summed E-state index contributed by atoms with van der Waals surface area (Å²) < 4.78 is 5.48. The van der Waals surface area contributed by atoms with Gasteiger partial charge in [-0.05, 0) is 44.1 Å². The van der Waals surface area contributed by atoms with Crippen LogP contribution in [0, 0.1) is 0 Å². The largest absolute Gasteiger partial charge is 0.343 e. The Morgan fingerprint density at radius 3 is 2.56 bits per heavy atom. The average molecular weight is 391 g/mol. The lowest BCUT2D eigenvalue weighted by Crippen LogP contribution is -2.44. The van der Waals surface area contributed by atoms with Crippen LogP contribution in [0.25, 0.3) is 0 Å². The molecule has 2 aromatic rings. The van der Waals surface area contributed by atoms with Gasteiger partial charge in [-0.25, -0.2) is 0 Å². The second kappa shape index (κ2) is 8.40. The highest BCUT2D eigenvalue weighted by atomic mass is 35.5. The van der Waals surface area contributed by atoms with Gasteiger partial charge in [-0.15, -0.1) is 12.4 Å². The van der Waals surface area contributed by atoms with E-state index in [0.29, 0.717) is 18.1 Å². The number of hydrogen-bond acceptors (Lipinski definition) is 5. The summed E-state index contributed by atoms with van der Waals surface area (Å²) in [5, 5.41) is 4.11. The minimum absolute atomic E-state index is 0. The third kappa shape index (κ3) is 4.33. The molecule has 0 atom stereocenters. The van der Waals surface area contributed by atoms with Gasteiger partial charge in [-0.1, -0.05) is 35.5 Å². The summed E-state index contributed by atoms with van der Waals surface area (Å²) in [6, 6.07) is 10.2. The average Bonchev–Trinajstić information content (AvgIpc) is 3.16. The predicted octanol–water partition coefficient (Wildman–Crippen LogP) is 3.17. The normalized spacial score (nSPS) is 19.2. The number of halogens is 1. The van der Waals surface area contributed by atoms with Gasteiger partial charge in [-0.3, -0.25) is 4.79 Å². The number of benzene rings is 1. The molecule has 1 saturated heterocycles. The molecule has 2 N–H and O–H groups in total. The van der Waals surface area contributed by atoms with Crippen LogP contribution in [0.3, 0.4) is 0 Å². The van der Waals surface area contributed by atoms with Crippen LogP contribution in [-0.2, 0) is 16.8 Å². The highest BCUT2D eigenvalue weighted by Crippen LogP contribution is 2.38. The van der Waals surface area contributed by atoms with Crippen molar-refractivity contribution in [1.29, 1.82) is 0 Å². The third-order valence-corrected chi connectivity index (χ3v) is 5.80. The third-order valence-electron chi connectivity index (χ3n) is 5.80. The van der Waals surface area contributed by atoms with Gasteiger partial charge in [0.15, 0.2) is 5.82 Å². The van der Waals surface area contributed by atoms with Crippen molar-refractivity contribution in [2.24, 2.45) is 5.73 Å². The molecule has 0 bridgehead atoms. The summed E-state index contributed by atoms with van der Waals surface area (Å²) in [6.45, 7) is 1.51. The van der Waals surface area contributed by atoms with E-state index in [1.807, 2.05) is 23.1 Å². The molecule has 1 saturated carbocycles. The van der Waals surface area contributed by atoms with E-state index >= 15 is 0 Å². The summed E-state index contributed by atoms with van der Waals surface area (Å²) in [6.07, 6.45) is 6.09. The van der Waals surface area contributed by atoms with E-state index in [0.717, 1.165) is 51.6 Å². The van der Waals surface area contributed by atoms with Crippen LogP contribution in [0.4, 0.5) is 0 Å². The van der Waals surface area contributed by atoms with E-state index in [9.17, 15) is 4.79 Å². The quantitative estimate of drug-likeness (QED) is 0.847. The zero-order chi connectivity index (χ0) is 18.0. The lowest BCUT2D eigenvalue weighted by Gasteiger charge is -2.34. The molecule has 0 unspecified atom stereocenters. The summed E-state index contributed by atoms with van der Waals surface area (Å²) in [4.78, 5) is 19.0. The van der Waals surface area contributed by atoms with Crippen LogP contribution >= 0.6 is 12.4 Å². The summed E-state index contributed by atoms with van der Waals surface area (Å²) in [5.74, 6) is 1.81. The van der Waals surface area contributed by atoms with Gasteiger partial charge in [0.25, 0.3) is 0 Å². The lowest BCUT2D eigenvalue weighted by molar-refractivity contribution is -0.132. The number of nitrogens with zero attached hydrogens (tertiary/aromatic N) is 3. The fourth-order valence-electron chi connectivity index (χ4n) is 3.81. The first-order valence-electron chi connectivity index (χ1n) is 9.59. The standard InChI is InChI=1S/C20H26N4O2.ClH/c21-20(11-4-12-20)19-22-18(26-23-19)16-9-13-24(14-10-16)17(25)8-7-15-5-2-1-3-6-15;/h1-3,5-6,16H,4,7-14,21H2;1H. The molecule has 1 aliphatic carbocycles. The van der Waals surface area contributed by atoms with Crippen LogP contribution in [-0.4, -0.2) is 34.0 Å². The van der Waals surface area contributed by atoms with Gasteiger partial charge in [0.1, 0.15) is 0 Å². The molecule has 2 heterocycles. The number of piperidine rings is 1. The Balaban J connectivity index is 0.00000210. The second-order valence-corrected chi connectivity index (χ2v) is 7.61. The molecule has 27 heavy (non-hydrogen) atoms. The highest BCUT2D eigenvalue weighted by molar-refractivity contribution is 5.85. The second-order valence-electron chi connectivity index (χ2n) is 7.61. The summed E-state index contributed by atoms with van der Waals surface area (Å²) >= 11 is 0. The van der Waals surface area contributed by atoms with Crippen molar-refractivity contribution >= 4 is 18.3 Å². The summed E-state index contributed by atoms with van der Waals surface area (Å²) in [5.41, 5.74) is 7.10. The molecular weight excluding hydrogens is 364 g/mol. The smallest absolute Gasteiger partial charge is 0.229 e. The van der Waals surface area contributed by atoms with Crippen molar-refractivity contribution in [1.82, 2.24) is 15.0 Å². The number of carbonyl (C=O) groups excluding carboxylic acids is 1. The first-order valence-corrected chi connectivity index (χ1v) is 9.59. The van der Waals surface area contributed by atoms with Gasteiger partial charge >= 0.3 is 0 Å². The Bertz CT molecular complexity index is 752. The van der Waals surface area contributed by atoms with E-state index < -0.39 is 0 Å². The molecule has 0 radical (unpaired) electrons. The Morgan fingerprint density at radius 2 is 1.93 bits per heavy atom. The molecule has 1 amide bonds. The van der Waals surface area contributed by atoms with E-state index in [2.05, 4.69) is 22.3 Å². The molecule has 2 fully saturated rings. The lowest BCUT2D eigenvalue weighted by atomic mass is 9.77. The molecule has 6 nitrogen and oxygen atoms in total. The van der Waals surface area contributed by atoms with Gasteiger partial charge in [-0.2, -0.15) is 4.98 Å². The highest BCUT2D eigenvalue weighted by Gasteiger charge is 2.39. The minimum atomic E-state index is -0.379. The van der Waals surface area contributed by atoms with Gasteiger partial charge in [0, 0.05) is 25.4 Å². The SMILES string of the molecule is Cl.NC1(c2noc(C3CCN(C(=O)CCc4ccccc4)CC3)n2)CCC1. The number of carbonyl (C=O) groups is 1. The molecule has 1 aliphatic heterocycles. The molecule has 7 heteroatoms. The fraction of sp³-hybridized carbons (Fsp3) is 0.550. The number of aryl methyl sites for hydroxylation is 1. The molecule has 2 aliphatic rings. The van der Waals surface area contributed by atoms with Crippen LogP contribution in [0.5, 0.6) is 0 Å². The van der Waals surface area contributed by atoms with Crippen molar-refractivity contribution in [2.75, 3.05) is 13.1 Å². The number of nitrogens with two attached hydrogens (primary N) is 1. The van der Waals surface area contributed by atoms with Crippen molar-refractivity contribution in [3.8, 4) is 0 Å². The van der Waals surface area contributed by atoms with Crippen LogP contribution < -0.4 is 5.73 Å². The Morgan fingerprint density at radius 1 is 1.22 bits per heavy atom. The fourth-order valence-corrected chi connectivity index (χ4v) is 3.81. The Hall–Kier alpha value is -1.92. The van der Waals surface area contributed by atoms with E-state index in [4.69, 9.17) is 10.3 Å². The molecule has 1 aromatic carbocycles. The Labute approximate surface area is 165 Å². The van der Waals surface area contributed by atoms with Crippen LogP contribution in [0.15, 0.2) is 34.9 Å². The minimum Gasteiger partial charge on any atom is -0.343 e. The maximum absolute atomic E-state index is 12.5. The maximum Gasteiger partial charge on any atom is 0.229 e. The first kappa shape index (κ1) is 19.8. The van der Waals surface area contributed by atoms with Crippen molar-refractivity contribution < 1.29 is 9.32 Å². The van der Waals surface area contributed by atoms with Crippen LogP contribution in [0.2, 0.25) is 0 Å². The van der Waals surface area contributed by atoms with Crippen molar-refractivity contribution in [2.45, 2.75) is 56.4 Å². The molecule has 146 valence electrons. The zero-order valence-electron chi connectivity index (χ0n) is 15.5. The maximum atomic E-state index is 12.5. The van der Waals surface area contributed by atoms with E-state index in [1.54, 1.807) is 0 Å². The number of likely N-dealkylation sites (tertiary alicyclic amines) is 1. The first-order chi connectivity index (χ1) is 12.6. The van der Waals surface area contributed by atoms with Gasteiger partial charge < -0.3 is 15.2 Å². The zero-order valence-corrected chi connectivity index (χ0v) is 16.3. The van der Waals surface area contributed by atoms with E-state index in [1.165, 1.54) is 5.56 Å². The van der Waals surface area contributed by atoms with Crippen molar-refractivity contribution in [3.63, 3.8) is 0 Å². The van der Waals surface area contributed by atoms with E-state index in [-0.39, 0.29) is 29.8 Å². The number of amides is 1. The number of hydrogen-bond donors (Lipinski definition) is 1. The molecule has 4 rings (SSSR count). The predicted molar refractivity (Wildman–Crippen MR) is 105 cm³/mol. The van der Waals surface area contributed by atoms with Gasteiger partial charge in [0.2, 0.25) is 11.8 Å². The number of rotatable bonds is 5. The Kier molecular flexibility index (Phi) is 6.17. The summed E-state index contributed by atoms with van der Waals surface area (Å²) in [7, 11) is 0. The molecule has 0 spiro atoms. The van der Waals surface area contributed by atoms with Crippen molar-refractivity contribution in [3.05, 3.63) is 47.6 Å². The topological polar surface area (TPSA) is 85.2 Å². The molecule has 1 aromatic heterocycles. The number of aromatic nitrogens is 2. The monoisotopic (exact) mass is 390 g/mol. The molecular formula is C20H27ClN4O2.